The maximum atomic E-state index is 3.82. The van der Waals surface area contributed by atoms with Gasteiger partial charge in [0.05, 0.1) is 0 Å². The van der Waals surface area contributed by atoms with Crippen LogP contribution in [0.25, 0.3) is 0 Å². The summed E-state index contributed by atoms with van der Waals surface area (Å²) in [7, 11) is 0. The topological polar surface area (TPSA) is 57.6 Å². The van der Waals surface area contributed by atoms with Crippen molar-refractivity contribution in [1.29, 1.82) is 0 Å². The molecule has 1 heterocycles. The highest BCUT2D eigenvalue weighted by molar-refractivity contribution is 5.32. The number of nitrogens with one attached hydrogen (secondary N) is 2. The van der Waals surface area contributed by atoms with Gasteiger partial charge in [-0.25, -0.2) is 0 Å². The van der Waals surface area contributed by atoms with Crippen LogP contribution in [0.4, 0.5) is 5.69 Å². The largest absolute Gasteiger partial charge is 0.318 e. The Morgan fingerprint density at radius 3 is 2.25 bits per heavy atom. The highest BCUT2D eigenvalue weighted by Crippen LogP contribution is 2.03. The summed E-state index contributed by atoms with van der Waals surface area (Å²) in [6.07, 6.45) is 0. The molecule has 0 fully saturated rings. The van der Waals surface area contributed by atoms with Crippen LogP contribution in [-0.2, 0) is 0 Å². The predicted octanol–water partition coefficient (Wildman–Crippen LogP) is -0.681. The average Bonchev–Trinajstić information content (AvgIpc) is 1.98. The summed E-state index contributed by atoms with van der Waals surface area (Å²) in [5.74, 6) is 0. The van der Waals surface area contributed by atoms with Gasteiger partial charge in [0.25, 0.3) is 5.69 Å². The Hall–Kier alpha value is -0.830. The van der Waals surface area contributed by atoms with Gasteiger partial charge in [-0.05, 0) is 6.92 Å². The van der Waals surface area contributed by atoms with Gasteiger partial charge in [-0.3, -0.25) is 0 Å². The Kier molecular flexibility index (Phi) is 1.06. The van der Waals surface area contributed by atoms with Crippen LogP contribution in [0.15, 0.2) is 0 Å². The van der Waals surface area contributed by atoms with E-state index in [-0.39, 0.29) is 0 Å². The van der Waals surface area contributed by atoms with Crippen molar-refractivity contribution in [3.05, 3.63) is 11.4 Å². The standard InChI is InChI=1S/C5H9N3/c1-3-5(6)4(2)8-7-3/h6H2,1-2H3,(H,7,8)/p+2. The lowest BCUT2D eigenvalue weighted by atomic mass is 10.3. The molecule has 0 radical (unpaired) electrons. The molecule has 3 heteroatoms. The van der Waals surface area contributed by atoms with E-state index in [2.05, 4.69) is 15.9 Å². The van der Waals surface area contributed by atoms with Gasteiger partial charge < -0.3 is 5.73 Å². The maximum absolute atomic E-state index is 3.82. The lowest BCUT2D eigenvalue weighted by Gasteiger charge is -1.73. The molecule has 0 aliphatic carbocycles. The molecule has 3 nitrogen and oxygen atoms in total. The third kappa shape index (κ3) is 0.607. The quantitative estimate of drug-likeness (QED) is 0.448. The number of hydrogen-bond acceptors (Lipinski definition) is 0. The molecule has 0 saturated carbocycles. The summed E-state index contributed by atoms with van der Waals surface area (Å²) >= 11 is 0. The van der Waals surface area contributed by atoms with Gasteiger partial charge in [-0.2, -0.15) is 5.10 Å². The number of hydrogen-bond donors (Lipinski definition) is 2. The summed E-state index contributed by atoms with van der Waals surface area (Å²) in [5.41, 5.74) is 7.12. The number of aryl methyl sites for hydroxylation is 2. The van der Waals surface area contributed by atoms with Crippen LogP contribution in [0.2, 0.25) is 0 Å². The molecule has 0 bridgehead atoms. The first-order chi connectivity index (χ1) is 3.72. The minimum atomic E-state index is 1.07. The zero-order chi connectivity index (χ0) is 6.15. The van der Waals surface area contributed by atoms with Gasteiger partial charge >= 0.3 is 0 Å². The first-order valence-corrected chi connectivity index (χ1v) is 2.60. The predicted molar refractivity (Wildman–Crippen MR) is 29.4 cm³/mol. The first-order valence-electron chi connectivity index (χ1n) is 2.60. The van der Waals surface area contributed by atoms with Crippen molar-refractivity contribution in [3.8, 4) is 0 Å². The molecule has 0 unspecified atom stereocenters. The van der Waals surface area contributed by atoms with Crippen molar-refractivity contribution in [1.82, 2.24) is 5.10 Å². The molecular weight excluding hydrogens is 102 g/mol. The van der Waals surface area contributed by atoms with Gasteiger partial charge in [0, 0.05) is 6.92 Å². The third-order valence-corrected chi connectivity index (χ3v) is 1.34. The second-order valence-electron chi connectivity index (χ2n) is 1.98. The summed E-state index contributed by atoms with van der Waals surface area (Å²) < 4.78 is 0. The molecule has 44 valence electrons. The molecule has 1 aromatic rings. The minimum Gasteiger partial charge on any atom is -0.318 e. The highest BCUT2D eigenvalue weighted by Gasteiger charge is 2.09. The van der Waals surface area contributed by atoms with Crippen LogP contribution in [0.5, 0.6) is 0 Å². The van der Waals surface area contributed by atoms with Gasteiger partial charge in [-0.1, -0.05) is 0 Å². The van der Waals surface area contributed by atoms with Crippen LogP contribution in [0, 0.1) is 13.8 Å². The van der Waals surface area contributed by atoms with Crippen molar-refractivity contribution in [3.63, 3.8) is 0 Å². The molecule has 0 aliphatic rings. The van der Waals surface area contributed by atoms with Gasteiger partial charge in [0.1, 0.15) is 5.69 Å². The van der Waals surface area contributed by atoms with Crippen molar-refractivity contribution in [2.24, 2.45) is 0 Å². The van der Waals surface area contributed by atoms with E-state index in [9.17, 15) is 0 Å². The Bertz CT molecular complexity index is 170. The monoisotopic (exact) mass is 113 g/mol. The fourth-order valence-electron chi connectivity index (χ4n) is 0.620. The van der Waals surface area contributed by atoms with E-state index in [4.69, 9.17) is 0 Å². The summed E-state index contributed by atoms with van der Waals surface area (Å²) in [4.78, 5) is 0. The SMILES string of the molecule is Cc1[nH][nH+]c(C)c1[NH3+]. The zero-order valence-corrected chi connectivity index (χ0v) is 5.21. The van der Waals surface area contributed by atoms with E-state index in [1.54, 1.807) is 0 Å². The van der Waals surface area contributed by atoms with Gasteiger partial charge in [0.2, 0.25) is 5.69 Å². The van der Waals surface area contributed by atoms with Crippen LogP contribution >= 0.6 is 0 Å². The minimum absolute atomic E-state index is 1.07. The van der Waals surface area contributed by atoms with E-state index < -0.39 is 0 Å². The van der Waals surface area contributed by atoms with E-state index in [0.29, 0.717) is 0 Å². The molecule has 0 spiro atoms. The Morgan fingerprint density at radius 2 is 2.12 bits per heavy atom. The molecule has 0 aromatic carbocycles. The molecule has 0 amide bonds. The fourth-order valence-corrected chi connectivity index (χ4v) is 0.620. The van der Waals surface area contributed by atoms with Crippen LogP contribution in [0.3, 0.4) is 0 Å². The van der Waals surface area contributed by atoms with E-state index >= 15 is 0 Å². The van der Waals surface area contributed by atoms with Crippen LogP contribution < -0.4 is 10.8 Å². The second kappa shape index (κ2) is 1.59. The van der Waals surface area contributed by atoms with E-state index in [1.165, 1.54) is 0 Å². The number of aromatic amines is 2. The Balaban J connectivity index is 3.19. The third-order valence-electron chi connectivity index (χ3n) is 1.34. The molecule has 0 aliphatic heterocycles. The van der Waals surface area contributed by atoms with Crippen molar-refractivity contribution in [2.75, 3.05) is 0 Å². The summed E-state index contributed by atoms with van der Waals surface area (Å²) in [6.45, 7) is 3.98. The first kappa shape index (κ1) is 5.31. The van der Waals surface area contributed by atoms with E-state index in [1.807, 2.05) is 13.8 Å². The molecule has 0 saturated heterocycles. The number of H-pyrrole nitrogens is 2. The summed E-state index contributed by atoms with van der Waals surface area (Å²) in [5, 5.41) is 5.90. The lowest BCUT2D eigenvalue weighted by molar-refractivity contribution is -0.460. The zero-order valence-electron chi connectivity index (χ0n) is 5.21. The highest BCUT2D eigenvalue weighted by atomic mass is 15.1. The average molecular weight is 113 g/mol. The van der Waals surface area contributed by atoms with E-state index in [0.717, 1.165) is 17.1 Å². The Morgan fingerprint density at radius 1 is 1.50 bits per heavy atom. The lowest BCUT2D eigenvalue weighted by Crippen LogP contribution is -2.41. The van der Waals surface area contributed by atoms with Crippen molar-refractivity contribution < 1.29 is 10.8 Å². The second-order valence-corrected chi connectivity index (χ2v) is 1.98. The van der Waals surface area contributed by atoms with Gasteiger partial charge in [0.15, 0.2) is 0 Å². The van der Waals surface area contributed by atoms with Crippen LogP contribution in [-0.4, -0.2) is 5.10 Å². The fraction of sp³-hybridized carbons (Fsp3) is 0.400. The molecule has 5 N–H and O–H groups in total. The van der Waals surface area contributed by atoms with Crippen LogP contribution in [0.1, 0.15) is 11.4 Å². The normalized spacial score (nSPS) is 9.88. The molecular formula is C5H11N3+2. The molecule has 1 rings (SSSR count). The molecule has 8 heavy (non-hydrogen) atoms. The number of aromatic nitrogens is 2. The number of quaternary nitrogens is 1. The van der Waals surface area contributed by atoms with Gasteiger partial charge in [-0.15, -0.1) is 5.10 Å². The summed E-state index contributed by atoms with van der Waals surface area (Å²) in [6, 6.07) is 0. The number of rotatable bonds is 0. The smallest absolute Gasteiger partial charge is 0.262 e. The molecule has 0 atom stereocenters. The van der Waals surface area contributed by atoms with Crippen molar-refractivity contribution >= 4 is 5.69 Å². The Labute approximate surface area is 47.9 Å². The molecule has 1 aromatic heterocycles. The van der Waals surface area contributed by atoms with Crippen molar-refractivity contribution in [2.45, 2.75) is 13.8 Å². The maximum Gasteiger partial charge on any atom is 0.262 e.